The Balaban J connectivity index is 2.76. The van der Waals surface area contributed by atoms with E-state index < -0.39 is 11.1 Å². The van der Waals surface area contributed by atoms with Crippen LogP contribution in [0.2, 0.25) is 0 Å². The van der Waals surface area contributed by atoms with Gasteiger partial charge in [0.2, 0.25) is 5.91 Å². The number of carbonyl (C=O) groups is 1. The summed E-state index contributed by atoms with van der Waals surface area (Å²) in [5.74, 6) is -0.274. The van der Waals surface area contributed by atoms with Crippen LogP contribution in [0.5, 0.6) is 0 Å². The van der Waals surface area contributed by atoms with E-state index in [0.717, 1.165) is 0 Å². The molecule has 0 saturated carbocycles. The SMILES string of the molecule is CC(=O)NC1(Cl)C=CC=CC1O. The van der Waals surface area contributed by atoms with Gasteiger partial charge >= 0.3 is 0 Å². The zero-order valence-corrected chi connectivity index (χ0v) is 7.38. The second-order valence-corrected chi connectivity index (χ2v) is 3.26. The third-order valence-corrected chi connectivity index (χ3v) is 1.99. The van der Waals surface area contributed by atoms with E-state index in [1.54, 1.807) is 18.2 Å². The lowest BCUT2D eigenvalue weighted by molar-refractivity contribution is -0.120. The molecule has 0 aliphatic heterocycles. The Labute approximate surface area is 75.7 Å². The summed E-state index contributed by atoms with van der Waals surface area (Å²) in [6.07, 6.45) is 5.53. The smallest absolute Gasteiger partial charge is 0.218 e. The van der Waals surface area contributed by atoms with Crippen molar-refractivity contribution >= 4 is 17.5 Å². The van der Waals surface area contributed by atoms with Gasteiger partial charge in [0.25, 0.3) is 0 Å². The molecule has 3 nitrogen and oxygen atoms in total. The van der Waals surface area contributed by atoms with E-state index in [1.165, 1.54) is 13.0 Å². The molecule has 66 valence electrons. The van der Waals surface area contributed by atoms with Gasteiger partial charge in [0, 0.05) is 6.92 Å². The van der Waals surface area contributed by atoms with Gasteiger partial charge in [-0.1, -0.05) is 29.8 Å². The molecule has 2 N–H and O–H groups in total. The van der Waals surface area contributed by atoms with Crippen molar-refractivity contribution in [3.63, 3.8) is 0 Å². The van der Waals surface area contributed by atoms with E-state index in [2.05, 4.69) is 5.32 Å². The van der Waals surface area contributed by atoms with Crippen LogP contribution in [0, 0.1) is 0 Å². The fourth-order valence-electron chi connectivity index (χ4n) is 0.989. The third kappa shape index (κ3) is 1.87. The minimum absolute atomic E-state index is 0.274. The highest BCUT2D eigenvalue weighted by molar-refractivity contribution is 6.26. The molecule has 0 aromatic rings. The van der Waals surface area contributed by atoms with Gasteiger partial charge in [0.05, 0.1) is 0 Å². The molecule has 1 rings (SSSR count). The first-order valence-corrected chi connectivity index (χ1v) is 3.94. The van der Waals surface area contributed by atoms with E-state index >= 15 is 0 Å². The van der Waals surface area contributed by atoms with Crippen LogP contribution < -0.4 is 5.32 Å². The largest absolute Gasteiger partial charge is 0.385 e. The summed E-state index contributed by atoms with van der Waals surface area (Å²) in [7, 11) is 0. The van der Waals surface area contributed by atoms with Gasteiger partial charge in [-0.3, -0.25) is 4.79 Å². The van der Waals surface area contributed by atoms with Crippen molar-refractivity contribution in [3.05, 3.63) is 24.3 Å². The van der Waals surface area contributed by atoms with Crippen LogP contribution in [0.25, 0.3) is 0 Å². The molecule has 0 bridgehead atoms. The Morgan fingerprint density at radius 2 is 2.33 bits per heavy atom. The molecule has 0 spiro atoms. The number of rotatable bonds is 1. The third-order valence-electron chi connectivity index (χ3n) is 1.54. The van der Waals surface area contributed by atoms with Crippen LogP contribution in [0.1, 0.15) is 6.92 Å². The molecule has 1 aliphatic rings. The molecule has 4 heteroatoms. The standard InChI is InChI=1S/C8H10ClNO2/c1-6(11)10-8(9)5-3-2-4-7(8)12/h2-5,7,12H,1H3,(H,10,11). The number of aliphatic hydroxyl groups is 1. The quantitative estimate of drug-likeness (QED) is 0.465. The minimum Gasteiger partial charge on any atom is -0.385 e. The highest BCUT2D eigenvalue weighted by Gasteiger charge is 2.33. The highest BCUT2D eigenvalue weighted by atomic mass is 35.5. The minimum atomic E-state index is -1.18. The van der Waals surface area contributed by atoms with E-state index in [-0.39, 0.29) is 5.91 Å². The lowest BCUT2D eigenvalue weighted by Crippen LogP contribution is -2.50. The topological polar surface area (TPSA) is 49.3 Å². The van der Waals surface area contributed by atoms with E-state index in [4.69, 9.17) is 11.6 Å². The van der Waals surface area contributed by atoms with Crippen molar-refractivity contribution in [2.75, 3.05) is 0 Å². The zero-order chi connectivity index (χ0) is 9.19. The number of allylic oxidation sites excluding steroid dienone is 2. The first kappa shape index (κ1) is 9.29. The number of nitrogens with one attached hydrogen (secondary N) is 1. The van der Waals surface area contributed by atoms with Crippen LogP contribution in [0.4, 0.5) is 0 Å². The average Bonchev–Trinajstić information content (AvgIpc) is 1.94. The van der Waals surface area contributed by atoms with E-state index in [0.29, 0.717) is 0 Å². The van der Waals surface area contributed by atoms with Crippen molar-refractivity contribution in [3.8, 4) is 0 Å². The van der Waals surface area contributed by atoms with Crippen LogP contribution in [0.15, 0.2) is 24.3 Å². The second kappa shape index (κ2) is 3.29. The predicted molar refractivity (Wildman–Crippen MR) is 46.7 cm³/mol. The molecule has 0 radical (unpaired) electrons. The molecule has 2 atom stereocenters. The number of alkyl halides is 1. The van der Waals surface area contributed by atoms with E-state index in [9.17, 15) is 9.90 Å². The molecular formula is C8H10ClNO2. The Morgan fingerprint density at radius 1 is 1.67 bits per heavy atom. The van der Waals surface area contributed by atoms with Crippen LogP contribution in [-0.2, 0) is 4.79 Å². The highest BCUT2D eigenvalue weighted by Crippen LogP contribution is 2.22. The molecular weight excluding hydrogens is 178 g/mol. The van der Waals surface area contributed by atoms with Gasteiger partial charge in [0.1, 0.15) is 6.10 Å². The summed E-state index contributed by atoms with van der Waals surface area (Å²) in [6.45, 7) is 1.35. The molecule has 0 fully saturated rings. The fraction of sp³-hybridized carbons (Fsp3) is 0.375. The van der Waals surface area contributed by atoms with Gasteiger partial charge in [0.15, 0.2) is 5.00 Å². The van der Waals surface area contributed by atoms with Gasteiger partial charge in [-0.25, -0.2) is 0 Å². The maximum Gasteiger partial charge on any atom is 0.218 e. The van der Waals surface area contributed by atoms with Crippen LogP contribution >= 0.6 is 11.6 Å². The number of aliphatic hydroxyl groups excluding tert-OH is 1. The van der Waals surface area contributed by atoms with Crippen molar-refractivity contribution in [2.45, 2.75) is 18.0 Å². The summed E-state index contributed by atoms with van der Waals surface area (Å²) in [5.41, 5.74) is 0. The summed E-state index contributed by atoms with van der Waals surface area (Å²) in [4.78, 5) is 9.52. The molecule has 0 heterocycles. The average molecular weight is 188 g/mol. The summed E-state index contributed by atoms with van der Waals surface area (Å²) in [6, 6.07) is 0. The molecule has 12 heavy (non-hydrogen) atoms. The molecule has 0 aromatic heterocycles. The number of amides is 1. The number of hydrogen-bond acceptors (Lipinski definition) is 2. The Kier molecular flexibility index (Phi) is 2.55. The lowest BCUT2D eigenvalue weighted by Gasteiger charge is -2.29. The first-order chi connectivity index (χ1) is 5.54. The maximum atomic E-state index is 10.7. The lowest BCUT2D eigenvalue weighted by atomic mass is 10.1. The van der Waals surface area contributed by atoms with Crippen LogP contribution in [0.3, 0.4) is 0 Å². The monoisotopic (exact) mass is 187 g/mol. The van der Waals surface area contributed by atoms with Crippen LogP contribution in [-0.4, -0.2) is 22.1 Å². The predicted octanol–water partition coefficient (Wildman–Crippen LogP) is 0.544. The normalized spacial score (nSPS) is 33.4. The summed E-state index contributed by atoms with van der Waals surface area (Å²) in [5, 5.41) is 11.8. The Bertz CT molecular complexity index is 249. The molecule has 1 amide bonds. The summed E-state index contributed by atoms with van der Waals surface area (Å²) < 4.78 is 0. The maximum absolute atomic E-state index is 10.7. The molecule has 0 saturated heterocycles. The van der Waals surface area contributed by atoms with Gasteiger partial charge in [-0.05, 0) is 6.08 Å². The molecule has 0 aromatic carbocycles. The second-order valence-electron chi connectivity index (χ2n) is 2.64. The Hall–Kier alpha value is -0.800. The van der Waals surface area contributed by atoms with Crippen molar-refractivity contribution < 1.29 is 9.90 Å². The Morgan fingerprint density at radius 3 is 2.83 bits per heavy atom. The zero-order valence-electron chi connectivity index (χ0n) is 6.62. The first-order valence-electron chi connectivity index (χ1n) is 3.56. The number of hydrogen-bond donors (Lipinski definition) is 2. The van der Waals surface area contributed by atoms with Gasteiger partial charge in [-0.2, -0.15) is 0 Å². The van der Waals surface area contributed by atoms with Crippen molar-refractivity contribution in [1.82, 2.24) is 5.32 Å². The van der Waals surface area contributed by atoms with Gasteiger partial charge < -0.3 is 10.4 Å². The number of carbonyl (C=O) groups excluding carboxylic acids is 1. The van der Waals surface area contributed by atoms with Gasteiger partial charge in [-0.15, -0.1) is 0 Å². The van der Waals surface area contributed by atoms with Crippen molar-refractivity contribution in [2.24, 2.45) is 0 Å². The fourth-order valence-corrected chi connectivity index (χ4v) is 1.27. The van der Waals surface area contributed by atoms with E-state index in [1.807, 2.05) is 0 Å². The van der Waals surface area contributed by atoms with Crippen molar-refractivity contribution in [1.29, 1.82) is 0 Å². The summed E-state index contributed by atoms with van der Waals surface area (Å²) >= 11 is 5.90. The molecule has 1 aliphatic carbocycles. The number of halogens is 1. The molecule has 2 unspecified atom stereocenters.